The first-order chi connectivity index (χ1) is 10.4. The average Bonchev–Trinajstić information content (AvgIpc) is 2.45. The number of hydrogen-bond acceptors (Lipinski definition) is 4. The predicted molar refractivity (Wildman–Crippen MR) is 82.5 cm³/mol. The zero-order valence-electron chi connectivity index (χ0n) is 12.1. The molecule has 0 bridgehead atoms. The Morgan fingerprint density at radius 1 is 1.27 bits per heavy atom. The summed E-state index contributed by atoms with van der Waals surface area (Å²) in [5, 5.41) is 5.52. The number of amides is 3. The van der Waals surface area contributed by atoms with Crippen molar-refractivity contribution < 1.29 is 19.1 Å². The van der Waals surface area contributed by atoms with E-state index in [4.69, 9.17) is 22.1 Å². The summed E-state index contributed by atoms with van der Waals surface area (Å²) in [6.07, 6.45) is -0.459. The Hall–Kier alpha value is -2.28. The fourth-order valence-corrected chi connectivity index (χ4v) is 1.66. The molecular weight excluding hydrogens is 310 g/mol. The molecule has 0 unspecified atom stereocenters. The van der Waals surface area contributed by atoms with Gasteiger partial charge in [-0.25, -0.2) is 4.79 Å². The Labute approximate surface area is 133 Å². The van der Waals surface area contributed by atoms with Crippen molar-refractivity contribution in [2.24, 2.45) is 5.73 Å². The molecule has 4 N–H and O–H groups in total. The molecule has 0 aliphatic heterocycles. The molecule has 0 fully saturated rings. The van der Waals surface area contributed by atoms with Crippen LogP contribution in [-0.2, 0) is 14.3 Å². The number of benzene rings is 1. The number of primary amides is 1. The van der Waals surface area contributed by atoms with Gasteiger partial charge in [-0.3, -0.25) is 9.59 Å². The fraction of sp³-hybridized carbons (Fsp3) is 0.357. The van der Waals surface area contributed by atoms with Crippen LogP contribution in [-0.4, -0.2) is 30.6 Å². The van der Waals surface area contributed by atoms with E-state index >= 15 is 0 Å². The molecule has 1 aromatic carbocycles. The molecule has 22 heavy (non-hydrogen) atoms. The molecule has 1 aromatic rings. The number of carbonyl (C=O) groups excluding carboxylic acids is 3. The lowest BCUT2D eigenvalue weighted by Gasteiger charge is -2.13. The molecule has 3 amide bonds. The summed E-state index contributed by atoms with van der Waals surface area (Å²) in [4.78, 5) is 33.8. The topological polar surface area (TPSA) is 111 Å². The molecule has 0 spiro atoms. The Bertz CT molecular complexity index is 533. The van der Waals surface area contributed by atoms with E-state index in [-0.39, 0.29) is 13.0 Å². The van der Waals surface area contributed by atoms with Gasteiger partial charge in [0, 0.05) is 23.7 Å². The number of nitrogens with one attached hydrogen (secondary N) is 2. The zero-order chi connectivity index (χ0) is 16.5. The largest absolute Gasteiger partial charge is 0.453 e. The van der Waals surface area contributed by atoms with Crippen molar-refractivity contribution in [3.63, 3.8) is 0 Å². The van der Waals surface area contributed by atoms with Crippen molar-refractivity contribution in [3.05, 3.63) is 29.3 Å². The molecule has 0 aliphatic rings. The lowest BCUT2D eigenvalue weighted by atomic mass is 10.3. The summed E-state index contributed by atoms with van der Waals surface area (Å²) in [5.74, 6) is -0.962. The third-order valence-electron chi connectivity index (χ3n) is 2.65. The zero-order valence-corrected chi connectivity index (χ0v) is 12.9. The van der Waals surface area contributed by atoms with E-state index in [1.54, 1.807) is 24.3 Å². The van der Waals surface area contributed by atoms with Crippen LogP contribution in [0, 0.1) is 0 Å². The van der Waals surface area contributed by atoms with Crippen LogP contribution in [0.3, 0.4) is 0 Å². The Morgan fingerprint density at radius 3 is 2.50 bits per heavy atom. The normalized spacial score (nSPS) is 11.4. The van der Waals surface area contributed by atoms with E-state index in [2.05, 4.69) is 10.6 Å². The van der Waals surface area contributed by atoms with Crippen molar-refractivity contribution >= 4 is 35.2 Å². The Balaban J connectivity index is 2.32. The Kier molecular flexibility index (Phi) is 7.18. The van der Waals surface area contributed by atoms with Gasteiger partial charge in [0.05, 0.1) is 0 Å². The van der Waals surface area contributed by atoms with Crippen molar-refractivity contribution in [1.29, 1.82) is 0 Å². The summed E-state index contributed by atoms with van der Waals surface area (Å²) in [7, 11) is 0. The van der Waals surface area contributed by atoms with Crippen molar-refractivity contribution in [2.45, 2.75) is 25.9 Å². The molecule has 1 rings (SSSR count). The highest BCUT2D eigenvalue weighted by molar-refractivity contribution is 6.30. The monoisotopic (exact) mass is 327 g/mol. The predicted octanol–water partition coefficient (Wildman–Crippen LogP) is 1.66. The molecule has 0 radical (unpaired) electrons. The number of halogens is 1. The minimum Gasteiger partial charge on any atom is -0.453 e. The lowest BCUT2D eigenvalue weighted by molar-refractivity contribution is -0.153. The van der Waals surface area contributed by atoms with E-state index in [1.165, 1.54) is 6.92 Å². The molecule has 0 saturated carbocycles. The fourth-order valence-electron chi connectivity index (χ4n) is 1.53. The number of ether oxygens (including phenoxy) is 1. The van der Waals surface area contributed by atoms with Crippen LogP contribution < -0.4 is 16.4 Å². The van der Waals surface area contributed by atoms with E-state index < -0.39 is 24.0 Å². The van der Waals surface area contributed by atoms with Gasteiger partial charge >= 0.3 is 12.0 Å². The van der Waals surface area contributed by atoms with Crippen LogP contribution >= 0.6 is 11.6 Å². The SMILES string of the molecule is C[C@H](OC(=O)CCCNC(N)=O)C(=O)Nc1ccc(Cl)cc1. The van der Waals surface area contributed by atoms with Gasteiger partial charge in [0.2, 0.25) is 0 Å². The highest BCUT2D eigenvalue weighted by atomic mass is 35.5. The highest BCUT2D eigenvalue weighted by Gasteiger charge is 2.17. The van der Waals surface area contributed by atoms with Gasteiger partial charge in [0.15, 0.2) is 6.10 Å². The summed E-state index contributed by atoms with van der Waals surface area (Å²) < 4.78 is 4.99. The maximum absolute atomic E-state index is 11.9. The number of nitrogens with two attached hydrogens (primary N) is 1. The number of urea groups is 1. The molecule has 1 atom stereocenters. The lowest BCUT2D eigenvalue weighted by Crippen LogP contribution is -2.31. The molecule has 8 heteroatoms. The minimum atomic E-state index is -0.924. The average molecular weight is 328 g/mol. The number of hydrogen-bond donors (Lipinski definition) is 3. The van der Waals surface area contributed by atoms with E-state index in [9.17, 15) is 14.4 Å². The standard InChI is InChI=1S/C14H18ClN3O4/c1-9(22-12(19)3-2-8-17-14(16)21)13(20)18-11-6-4-10(15)5-7-11/h4-7,9H,2-3,8H2,1H3,(H,18,20)(H3,16,17,21)/t9-/m0/s1. The maximum Gasteiger partial charge on any atom is 0.312 e. The van der Waals surface area contributed by atoms with Crippen molar-refractivity contribution in [2.75, 3.05) is 11.9 Å². The van der Waals surface area contributed by atoms with Gasteiger partial charge in [-0.05, 0) is 37.6 Å². The first kappa shape index (κ1) is 17.8. The maximum atomic E-state index is 11.9. The molecule has 0 heterocycles. The number of anilines is 1. The summed E-state index contributed by atoms with van der Waals surface area (Å²) in [6, 6.07) is 5.91. The molecule has 120 valence electrons. The first-order valence-corrected chi connectivity index (χ1v) is 7.05. The van der Waals surface area contributed by atoms with Gasteiger partial charge < -0.3 is 21.1 Å². The van der Waals surface area contributed by atoms with Gasteiger partial charge in [-0.1, -0.05) is 11.6 Å². The molecule has 0 aliphatic carbocycles. The smallest absolute Gasteiger partial charge is 0.312 e. The second-order valence-electron chi connectivity index (χ2n) is 4.52. The van der Waals surface area contributed by atoms with Crippen LogP contribution in [0.1, 0.15) is 19.8 Å². The van der Waals surface area contributed by atoms with Gasteiger partial charge in [0.25, 0.3) is 5.91 Å². The molecular formula is C14H18ClN3O4. The second-order valence-corrected chi connectivity index (χ2v) is 4.96. The summed E-state index contributed by atoms with van der Waals surface area (Å²) in [6.45, 7) is 1.75. The quantitative estimate of drug-likeness (QED) is 0.522. The molecule has 0 saturated heterocycles. The first-order valence-electron chi connectivity index (χ1n) is 6.67. The number of carbonyl (C=O) groups is 3. The Morgan fingerprint density at radius 2 is 1.91 bits per heavy atom. The van der Waals surface area contributed by atoms with Gasteiger partial charge in [0.1, 0.15) is 0 Å². The van der Waals surface area contributed by atoms with Gasteiger partial charge in [-0.2, -0.15) is 0 Å². The van der Waals surface area contributed by atoms with E-state index in [0.717, 1.165) is 0 Å². The van der Waals surface area contributed by atoms with Crippen LogP contribution in [0.25, 0.3) is 0 Å². The molecule has 0 aromatic heterocycles. The second kappa shape index (κ2) is 8.89. The number of rotatable bonds is 7. The van der Waals surface area contributed by atoms with E-state index in [0.29, 0.717) is 17.1 Å². The third kappa shape index (κ3) is 6.94. The van der Waals surface area contributed by atoms with Crippen LogP contribution in [0.2, 0.25) is 5.02 Å². The number of esters is 1. The van der Waals surface area contributed by atoms with E-state index in [1.807, 2.05) is 0 Å². The van der Waals surface area contributed by atoms with Crippen LogP contribution in [0.4, 0.5) is 10.5 Å². The van der Waals surface area contributed by atoms with Crippen molar-refractivity contribution in [3.8, 4) is 0 Å². The highest BCUT2D eigenvalue weighted by Crippen LogP contribution is 2.14. The minimum absolute atomic E-state index is 0.0822. The summed E-state index contributed by atoms with van der Waals surface area (Å²) in [5.41, 5.74) is 5.44. The van der Waals surface area contributed by atoms with Crippen LogP contribution in [0.15, 0.2) is 24.3 Å². The molecule has 7 nitrogen and oxygen atoms in total. The third-order valence-corrected chi connectivity index (χ3v) is 2.90. The summed E-state index contributed by atoms with van der Waals surface area (Å²) >= 11 is 5.74. The van der Waals surface area contributed by atoms with Crippen LogP contribution in [0.5, 0.6) is 0 Å². The van der Waals surface area contributed by atoms with Gasteiger partial charge in [-0.15, -0.1) is 0 Å². The van der Waals surface area contributed by atoms with Crippen molar-refractivity contribution in [1.82, 2.24) is 5.32 Å².